The smallest absolute Gasteiger partial charge is 0.257 e. The van der Waals surface area contributed by atoms with Crippen LogP contribution < -0.4 is 5.32 Å². The third kappa shape index (κ3) is 3.49. The predicted molar refractivity (Wildman–Crippen MR) is 112 cm³/mol. The van der Waals surface area contributed by atoms with Gasteiger partial charge in [-0.2, -0.15) is 0 Å². The van der Waals surface area contributed by atoms with Crippen LogP contribution in [0.15, 0.2) is 23.1 Å². The van der Waals surface area contributed by atoms with Crippen molar-refractivity contribution < 1.29 is 13.2 Å². The minimum Gasteiger partial charge on any atom is -0.296 e. The van der Waals surface area contributed by atoms with Crippen molar-refractivity contribution in [3.8, 4) is 0 Å². The van der Waals surface area contributed by atoms with Gasteiger partial charge in [0.1, 0.15) is 5.01 Å². The summed E-state index contributed by atoms with van der Waals surface area (Å²) >= 11 is 7.43. The van der Waals surface area contributed by atoms with Gasteiger partial charge >= 0.3 is 0 Å². The molecule has 1 N–H and O–H groups in total. The van der Waals surface area contributed by atoms with Crippen LogP contribution >= 0.6 is 22.9 Å². The standard InChI is InChI=1S/C20H22ClN3O3S2/c1-29(26,27)16-7-14(2-3-15(16)21)17(25)22-19-24-23-18(28-19)20-8-11-4-12(9-20)6-13(5-11)10-20/h2-3,7,11-13H,4-6,8-10H2,1H3,(H,22,24,25). The zero-order valence-electron chi connectivity index (χ0n) is 16.0. The second-order valence-electron chi connectivity index (χ2n) is 8.98. The van der Waals surface area contributed by atoms with E-state index in [0.29, 0.717) is 5.13 Å². The summed E-state index contributed by atoms with van der Waals surface area (Å²) in [6.07, 6.45) is 8.73. The van der Waals surface area contributed by atoms with Crippen LogP contribution in [-0.2, 0) is 15.3 Å². The molecule has 1 amide bonds. The van der Waals surface area contributed by atoms with Gasteiger partial charge in [0.25, 0.3) is 5.91 Å². The van der Waals surface area contributed by atoms with Crippen LogP contribution in [0.1, 0.15) is 53.9 Å². The highest BCUT2D eigenvalue weighted by Gasteiger charge is 2.53. The van der Waals surface area contributed by atoms with Crippen LogP contribution in [0.25, 0.3) is 0 Å². The Morgan fingerprint density at radius 2 is 1.76 bits per heavy atom. The Labute approximate surface area is 179 Å². The van der Waals surface area contributed by atoms with Gasteiger partial charge in [-0.25, -0.2) is 8.42 Å². The molecule has 0 radical (unpaired) electrons. The summed E-state index contributed by atoms with van der Waals surface area (Å²) in [5.41, 5.74) is 0.362. The molecule has 1 aromatic heterocycles. The lowest BCUT2D eigenvalue weighted by Gasteiger charge is -2.55. The molecule has 4 bridgehead atoms. The van der Waals surface area contributed by atoms with Crippen LogP contribution in [0.4, 0.5) is 5.13 Å². The Morgan fingerprint density at radius 1 is 1.14 bits per heavy atom. The van der Waals surface area contributed by atoms with Gasteiger partial charge in [-0.05, 0) is 74.5 Å². The van der Waals surface area contributed by atoms with Gasteiger partial charge in [-0.1, -0.05) is 22.9 Å². The highest BCUT2D eigenvalue weighted by atomic mass is 35.5. The molecule has 154 valence electrons. The molecule has 4 fully saturated rings. The van der Waals surface area contributed by atoms with Crippen LogP contribution in [0.3, 0.4) is 0 Å². The summed E-state index contributed by atoms with van der Waals surface area (Å²) < 4.78 is 23.7. The van der Waals surface area contributed by atoms with Gasteiger partial charge in [-0.3, -0.25) is 10.1 Å². The van der Waals surface area contributed by atoms with Crippen molar-refractivity contribution in [2.45, 2.75) is 48.8 Å². The van der Waals surface area contributed by atoms with Gasteiger partial charge in [0.2, 0.25) is 5.13 Å². The predicted octanol–water partition coefficient (Wildman–Crippen LogP) is 4.32. The van der Waals surface area contributed by atoms with Crippen molar-refractivity contribution in [2.24, 2.45) is 17.8 Å². The Morgan fingerprint density at radius 3 is 2.34 bits per heavy atom. The average molecular weight is 452 g/mol. The highest BCUT2D eigenvalue weighted by molar-refractivity contribution is 7.90. The van der Waals surface area contributed by atoms with E-state index in [0.717, 1.165) is 29.0 Å². The Hall–Kier alpha value is -1.51. The summed E-state index contributed by atoms with van der Waals surface area (Å²) in [5.74, 6) is 2.02. The van der Waals surface area contributed by atoms with E-state index >= 15 is 0 Å². The number of benzene rings is 1. The maximum Gasteiger partial charge on any atom is 0.257 e. The third-order valence-electron chi connectivity index (χ3n) is 6.73. The van der Waals surface area contributed by atoms with E-state index in [1.54, 1.807) is 0 Å². The van der Waals surface area contributed by atoms with E-state index in [2.05, 4.69) is 15.5 Å². The second kappa shape index (κ2) is 6.75. The van der Waals surface area contributed by atoms with Crippen LogP contribution in [0.2, 0.25) is 5.02 Å². The number of halogens is 1. The molecule has 1 heterocycles. The van der Waals surface area contributed by atoms with Crippen molar-refractivity contribution in [3.05, 3.63) is 33.8 Å². The number of hydrogen-bond donors (Lipinski definition) is 1. The lowest BCUT2D eigenvalue weighted by molar-refractivity contribution is -0.00555. The Bertz CT molecular complexity index is 1060. The zero-order valence-corrected chi connectivity index (χ0v) is 18.4. The van der Waals surface area contributed by atoms with Gasteiger partial charge in [-0.15, -0.1) is 10.2 Å². The number of rotatable bonds is 4. The Kier molecular flexibility index (Phi) is 4.53. The van der Waals surface area contributed by atoms with Crippen LogP contribution in [0.5, 0.6) is 0 Å². The van der Waals surface area contributed by atoms with Crippen LogP contribution in [0, 0.1) is 17.8 Å². The molecule has 4 aliphatic carbocycles. The maximum atomic E-state index is 12.7. The van der Waals surface area contributed by atoms with Crippen molar-refractivity contribution in [2.75, 3.05) is 11.6 Å². The number of nitrogens with one attached hydrogen (secondary N) is 1. The number of carbonyl (C=O) groups excluding carboxylic acids is 1. The molecular weight excluding hydrogens is 430 g/mol. The molecule has 6 nitrogen and oxygen atoms in total. The molecule has 0 unspecified atom stereocenters. The van der Waals surface area contributed by atoms with E-state index in [-0.39, 0.29) is 20.9 Å². The number of aromatic nitrogens is 2. The fraction of sp³-hybridized carbons (Fsp3) is 0.550. The summed E-state index contributed by atoms with van der Waals surface area (Å²) in [6.45, 7) is 0. The fourth-order valence-corrected chi connectivity index (χ4v) is 8.22. The first-order valence-electron chi connectivity index (χ1n) is 9.87. The summed E-state index contributed by atoms with van der Waals surface area (Å²) in [5, 5.41) is 13.1. The third-order valence-corrected chi connectivity index (χ3v) is 9.39. The molecule has 4 saturated carbocycles. The summed E-state index contributed by atoms with van der Waals surface area (Å²) in [4.78, 5) is 12.6. The molecule has 0 atom stereocenters. The molecule has 2 aromatic rings. The van der Waals surface area contributed by atoms with E-state index < -0.39 is 15.7 Å². The molecule has 29 heavy (non-hydrogen) atoms. The van der Waals surface area contributed by atoms with Crippen molar-refractivity contribution in [1.82, 2.24) is 10.2 Å². The Balaban J connectivity index is 1.37. The zero-order chi connectivity index (χ0) is 20.4. The van der Waals surface area contributed by atoms with Gasteiger partial charge in [0, 0.05) is 17.2 Å². The van der Waals surface area contributed by atoms with Gasteiger partial charge in [0.05, 0.1) is 9.92 Å². The molecule has 6 rings (SSSR count). The van der Waals surface area contributed by atoms with E-state index in [9.17, 15) is 13.2 Å². The van der Waals surface area contributed by atoms with Crippen molar-refractivity contribution >= 4 is 43.8 Å². The van der Waals surface area contributed by atoms with E-state index in [1.165, 1.54) is 68.1 Å². The van der Waals surface area contributed by atoms with Crippen molar-refractivity contribution in [1.29, 1.82) is 0 Å². The first-order valence-corrected chi connectivity index (χ1v) is 13.0. The number of amides is 1. The highest BCUT2D eigenvalue weighted by Crippen LogP contribution is 2.61. The average Bonchev–Trinajstić information content (AvgIpc) is 3.09. The SMILES string of the molecule is CS(=O)(=O)c1cc(C(=O)Nc2nnc(C34CC5CC(CC(C5)C3)C4)s2)ccc1Cl. The van der Waals surface area contributed by atoms with Crippen molar-refractivity contribution in [3.63, 3.8) is 0 Å². The molecule has 0 saturated heterocycles. The first kappa shape index (κ1) is 19.5. The normalized spacial score (nSPS) is 30.5. The summed E-state index contributed by atoms with van der Waals surface area (Å²) in [6, 6.07) is 4.23. The van der Waals surface area contributed by atoms with Crippen LogP contribution in [-0.4, -0.2) is 30.8 Å². The lowest BCUT2D eigenvalue weighted by Crippen LogP contribution is -2.48. The molecule has 4 aliphatic rings. The topological polar surface area (TPSA) is 89.0 Å². The van der Waals surface area contributed by atoms with Gasteiger partial charge in [0.15, 0.2) is 9.84 Å². The number of carbonyl (C=O) groups is 1. The monoisotopic (exact) mass is 451 g/mol. The molecule has 1 aromatic carbocycles. The number of hydrogen-bond acceptors (Lipinski definition) is 6. The van der Waals surface area contributed by atoms with Gasteiger partial charge < -0.3 is 0 Å². The number of anilines is 1. The lowest BCUT2D eigenvalue weighted by atomic mass is 9.50. The summed E-state index contributed by atoms with van der Waals surface area (Å²) in [7, 11) is -3.52. The van der Waals surface area contributed by atoms with E-state index in [1.807, 2.05) is 0 Å². The minimum atomic E-state index is -3.52. The second-order valence-corrected chi connectivity index (χ2v) is 12.4. The number of nitrogens with zero attached hydrogens (tertiary/aromatic N) is 2. The fourth-order valence-electron chi connectivity index (χ4n) is 5.96. The van der Waals surface area contributed by atoms with E-state index in [4.69, 9.17) is 11.6 Å². The molecule has 9 heteroatoms. The largest absolute Gasteiger partial charge is 0.296 e. The molecule has 0 aliphatic heterocycles. The maximum absolute atomic E-state index is 12.7. The number of sulfone groups is 1. The first-order chi connectivity index (χ1) is 13.7. The quantitative estimate of drug-likeness (QED) is 0.747. The molecule has 0 spiro atoms. The molecular formula is C20H22ClN3O3S2. The minimum absolute atomic E-state index is 0.0571.